The van der Waals surface area contributed by atoms with Gasteiger partial charge in [-0.1, -0.05) is 82.7 Å². The lowest BCUT2D eigenvalue weighted by Crippen LogP contribution is -2.24. The summed E-state index contributed by atoms with van der Waals surface area (Å²) in [4.78, 5) is 9.46. The van der Waals surface area contributed by atoms with Gasteiger partial charge in [0.25, 0.3) is 0 Å². The summed E-state index contributed by atoms with van der Waals surface area (Å²) in [6, 6.07) is 62.7. The topological polar surface area (TPSA) is 13.0 Å². The average molecular weight is 670 g/mol. The molecular weight excluding hydrogens is 640 g/mol. The van der Waals surface area contributed by atoms with Crippen molar-refractivity contribution >= 4 is 84.2 Å². The molecule has 7 aromatic carbocycles. The van der Waals surface area contributed by atoms with Crippen LogP contribution in [0.15, 0.2) is 180 Å². The lowest BCUT2D eigenvalue weighted by molar-refractivity contribution is 1.16. The fourth-order valence-electron chi connectivity index (χ4n) is 6.92. The molecule has 0 amide bonds. The van der Waals surface area contributed by atoms with Crippen LogP contribution < -0.4 is 19.6 Å². The number of nitrogens with zero attached hydrogens (tertiary/aromatic N) is 4. The largest absolute Gasteiger partial charge is 0.306 e. The molecule has 7 aromatic rings. The van der Waals surface area contributed by atoms with Crippen molar-refractivity contribution in [2.24, 2.45) is 0 Å². The summed E-state index contributed by atoms with van der Waals surface area (Å²) in [5, 5.41) is 0. The first-order chi connectivity index (χ1) is 23.3. The summed E-state index contributed by atoms with van der Waals surface area (Å²) < 4.78 is 1.06. The highest BCUT2D eigenvalue weighted by Gasteiger charge is 2.32. The second-order valence-electron chi connectivity index (χ2n) is 11.6. The number of fused-ring (bicyclic) bond motifs is 4. The van der Waals surface area contributed by atoms with E-state index in [0.717, 1.165) is 72.7 Å². The number of benzene rings is 7. The molecule has 2 heterocycles. The lowest BCUT2D eigenvalue weighted by atomic mass is 10.0. The quantitative estimate of drug-likeness (QED) is 0.185. The van der Waals surface area contributed by atoms with E-state index in [0.29, 0.717) is 0 Å². The fraction of sp³-hybridized carbons (Fsp3) is 0. The van der Waals surface area contributed by atoms with Gasteiger partial charge >= 0.3 is 0 Å². The minimum absolute atomic E-state index is 1.06. The van der Waals surface area contributed by atoms with Crippen LogP contribution >= 0.6 is 15.9 Å². The maximum absolute atomic E-state index is 3.61. The van der Waals surface area contributed by atoms with Crippen molar-refractivity contribution in [2.45, 2.75) is 0 Å². The zero-order valence-electron chi connectivity index (χ0n) is 25.4. The van der Waals surface area contributed by atoms with Crippen LogP contribution in [0.5, 0.6) is 0 Å². The Morgan fingerprint density at radius 3 is 0.723 bits per heavy atom. The van der Waals surface area contributed by atoms with Gasteiger partial charge in [0.2, 0.25) is 0 Å². The molecule has 0 bridgehead atoms. The fourth-order valence-corrected chi connectivity index (χ4v) is 7.18. The second-order valence-corrected chi connectivity index (χ2v) is 12.5. The van der Waals surface area contributed by atoms with Gasteiger partial charge in [-0.05, 0) is 109 Å². The number of hydrogen-bond acceptors (Lipinski definition) is 4. The van der Waals surface area contributed by atoms with Gasteiger partial charge in [-0.2, -0.15) is 0 Å². The number of anilines is 12. The highest BCUT2D eigenvalue weighted by Crippen LogP contribution is 2.56. The van der Waals surface area contributed by atoms with Crippen molar-refractivity contribution in [1.82, 2.24) is 0 Å². The second kappa shape index (κ2) is 11.2. The van der Waals surface area contributed by atoms with Crippen LogP contribution in [-0.4, -0.2) is 0 Å². The maximum Gasteiger partial charge on any atom is 0.0703 e. The minimum atomic E-state index is 1.06. The molecule has 9 rings (SSSR count). The molecule has 0 radical (unpaired) electrons. The van der Waals surface area contributed by atoms with E-state index in [4.69, 9.17) is 0 Å². The van der Waals surface area contributed by atoms with Crippen LogP contribution in [0.4, 0.5) is 68.2 Å². The first kappa shape index (κ1) is 27.5. The summed E-state index contributed by atoms with van der Waals surface area (Å²) in [7, 11) is 0. The molecule has 0 saturated carbocycles. The Balaban J connectivity index is 1.16. The summed E-state index contributed by atoms with van der Waals surface area (Å²) >= 11 is 3.61. The van der Waals surface area contributed by atoms with E-state index >= 15 is 0 Å². The highest BCUT2D eigenvalue weighted by molar-refractivity contribution is 9.10. The van der Waals surface area contributed by atoms with Crippen LogP contribution in [0.1, 0.15) is 0 Å². The molecule has 47 heavy (non-hydrogen) atoms. The normalized spacial score (nSPS) is 13.0. The molecule has 0 spiro atoms. The third-order valence-corrected chi connectivity index (χ3v) is 9.45. The van der Waals surface area contributed by atoms with E-state index in [1.807, 2.05) is 0 Å². The van der Waals surface area contributed by atoms with Crippen molar-refractivity contribution in [3.8, 4) is 0 Å². The SMILES string of the molecule is Brc1ccc(N2c3ccccc3N(c3ccc(N4c5ccccc5N(c5ccccc5)c5ccccc54)cc3)c3ccccc32)cc1. The van der Waals surface area contributed by atoms with Crippen molar-refractivity contribution < 1.29 is 0 Å². The molecule has 0 fully saturated rings. The van der Waals surface area contributed by atoms with Crippen LogP contribution in [0.3, 0.4) is 0 Å². The number of para-hydroxylation sites is 9. The van der Waals surface area contributed by atoms with Gasteiger partial charge in [-0.3, -0.25) is 0 Å². The Morgan fingerprint density at radius 1 is 0.234 bits per heavy atom. The Labute approximate surface area is 283 Å². The first-order valence-corrected chi connectivity index (χ1v) is 16.5. The van der Waals surface area contributed by atoms with Gasteiger partial charge in [-0.15, -0.1) is 0 Å². The molecule has 0 saturated heterocycles. The Morgan fingerprint density at radius 2 is 0.447 bits per heavy atom. The highest BCUT2D eigenvalue weighted by atomic mass is 79.9. The Bertz CT molecular complexity index is 2140. The predicted octanol–water partition coefficient (Wildman–Crippen LogP) is 13.0. The Kier molecular flexibility index (Phi) is 6.58. The molecule has 0 N–H and O–H groups in total. The first-order valence-electron chi connectivity index (χ1n) is 15.7. The molecule has 5 heteroatoms. The minimum Gasteiger partial charge on any atom is -0.306 e. The molecule has 0 atom stereocenters. The molecule has 4 nitrogen and oxygen atoms in total. The van der Waals surface area contributed by atoms with Gasteiger partial charge in [0, 0.05) is 27.2 Å². The van der Waals surface area contributed by atoms with E-state index in [1.54, 1.807) is 0 Å². The Hall–Kier alpha value is -5.78. The monoisotopic (exact) mass is 668 g/mol. The van der Waals surface area contributed by atoms with Gasteiger partial charge in [0.1, 0.15) is 0 Å². The smallest absolute Gasteiger partial charge is 0.0703 e. The van der Waals surface area contributed by atoms with Crippen LogP contribution in [-0.2, 0) is 0 Å². The molecule has 224 valence electrons. The molecule has 0 unspecified atom stereocenters. The van der Waals surface area contributed by atoms with E-state index in [2.05, 4.69) is 211 Å². The third-order valence-electron chi connectivity index (χ3n) is 8.92. The van der Waals surface area contributed by atoms with Gasteiger partial charge in [0.05, 0.1) is 45.5 Å². The maximum atomic E-state index is 3.61. The molecular formula is C42H29BrN4. The number of halogens is 1. The standard InChI is InChI=1S/C42H29BrN4/c43-30-22-24-32(25-23-30)45-39-18-8-10-20-41(39)47(42-21-11-9-19-40(42)45)34-28-26-33(27-29-34)46-37-16-6-4-14-35(37)44(31-12-2-1-3-13-31)36-15-5-7-17-38(36)46/h1-29H. The van der Waals surface area contributed by atoms with Gasteiger partial charge in [0.15, 0.2) is 0 Å². The van der Waals surface area contributed by atoms with Crippen LogP contribution in [0.25, 0.3) is 0 Å². The zero-order chi connectivity index (χ0) is 31.3. The zero-order valence-corrected chi connectivity index (χ0v) is 27.0. The van der Waals surface area contributed by atoms with E-state index in [-0.39, 0.29) is 0 Å². The van der Waals surface area contributed by atoms with Crippen molar-refractivity contribution in [1.29, 1.82) is 0 Å². The molecule has 2 aliphatic rings. The number of rotatable bonds is 4. The molecule has 2 aliphatic heterocycles. The van der Waals surface area contributed by atoms with Gasteiger partial charge < -0.3 is 19.6 Å². The predicted molar refractivity (Wildman–Crippen MR) is 200 cm³/mol. The van der Waals surface area contributed by atoms with E-state index in [9.17, 15) is 0 Å². The number of hydrogen-bond donors (Lipinski definition) is 0. The van der Waals surface area contributed by atoms with Crippen molar-refractivity contribution in [3.63, 3.8) is 0 Å². The molecule has 0 aliphatic carbocycles. The lowest BCUT2D eigenvalue weighted by Gasteiger charge is -2.41. The average Bonchev–Trinajstić information content (AvgIpc) is 3.14. The van der Waals surface area contributed by atoms with E-state index < -0.39 is 0 Å². The summed E-state index contributed by atoms with van der Waals surface area (Å²) in [6.45, 7) is 0. The summed E-state index contributed by atoms with van der Waals surface area (Å²) in [5.74, 6) is 0. The summed E-state index contributed by atoms with van der Waals surface area (Å²) in [6.07, 6.45) is 0. The van der Waals surface area contributed by atoms with Crippen molar-refractivity contribution in [2.75, 3.05) is 19.6 Å². The summed E-state index contributed by atoms with van der Waals surface area (Å²) in [5.41, 5.74) is 13.6. The van der Waals surface area contributed by atoms with Crippen LogP contribution in [0, 0.1) is 0 Å². The van der Waals surface area contributed by atoms with Gasteiger partial charge in [-0.25, -0.2) is 0 Å². The van der Waals surface area contributed by atoms with E-state index in [1.165, 1.54) is 0 Å². The van der Waals surface area contributed by atoms with Crippen molar-refractivity contribution in [3.05, 3.63) is 180 Å². The molecule has 0 aromatic heterocycles. The third kappa shape index (κ3) is 4.50. The van der Waals surface area contributed by atoms with Crippen LogP contribution in [0.2, 0.25) is 0 Å².